The molecule has 0 heterocycles. The van der Waals surface area contributed by atoms with Crippen molar-refractivity contribution in [1.29, 1.82) is 0 Å². The van der Waals surface area contributed by atoms with E-state index in [9.17, 15) is 30.0 Å². The maximum Gasteiger partial charge on any atom is 0.198 e. The van der Waals surface area contributed by atoms with E-state index in [0.717, 1.165) is 18.2 Å². The fraction of sp³-hybridized carbons (Fsp3) is 0.0667. The zero-order valence-electron chi connectivity index (χ0n) is 11.0. The quantitative estimate of drug-likeness (QED) is 0.419. The van der Waals surface area contributed by atoms with E-state index in [-0.39, 0.29) is 22.3 Å². The molecule has 1 aliphatic carbocycles. The second-order valence-corrected chi connectivity index (χ2v) is 4.82. The van der Waals surface area contributed by atoms with Crippen molar-refractivity contribution >= 4 is 11.6 Å². The molecule has 3 rings (SSSR count). The van der Waals surface area contributed by atoms with Crippen LogP contribution in [0, 0.1) is 0 Å². The topological polar surface area (TPSA) is 135 Å². The molecule has 1 aliphatic rings. The first kappa shape index (κ1) is 13.9. The first-order valence-corrected chi connectivity index (χ1v) is 6.21. The Balaban J connectivity index is 2.39. The molecular formula is C15H10O7. The third-order valence-electron chi connectivity index (χ3n) is 3.64. The van der Waals surface area contributed by atoms with E-state index >= 15 is 0 Å². The molecule has 0 saturated carbocycles. The highest BCUT2D eigenvalue weighted by molar-refractivity contribution is 6.30. The van der Waals surface area contributed by atoms with E-state index in [0.29, 0.717) is 0 Å². The predicted molar refractivity (Wildman–Crippen MR) is 72.3 cm³/mol. The van der Waals surface area contributed by atoms with Crippen LogP contribution in [0.4, 0.5) is 0 Å². The molecule has 0 aromatic heterocycles. The summed E-state index contributed by atoms with van der Waals surface area (Å²) in [6.45, 7) is -0.722. The van der Waals surface area contributed by atoms with Gasteiger partial charge in [-0.2, -0.15) is 0 Å². The van der Waals surface area contributed by atoms with Gasteiger partial charge in [-0.25, -0.2) is 0 Å². The molecule has 0 fully saturated rings. The summed E-state index contributed by atoms with van der Waals surface area (Å²) in [7, 11) is 0. The molecule has 0 spiro atoms. The average Bonchev–Trinajstić information content (AvgIpc) is 2.47. The number of phenols is 4. The zero-order chi connectivity index (χ0) is 16.2. The fourth-order valence-corrected chi connectivity index (χ4v) is 2.53. The summed E-state index contributed by atoms with van der Waals surface area (Å²) in [5, 5.41) is 48.2. The molecule has 0 amide bonds. The lowest BCUT2D eigenvalue weighted by Crippen LogP contribution is -2.21. The molecule has 0 aliphatic heterocycles. The molecule has 0 unspecified atom stereocenters. The normalized spacial score (nSPS) is 13.0. The summed E-state index contributed by atoms with van der Waals surface area (Å²) in [5.41, 5.74) is -1.52. The smallest absolute Gasteiger partial charge is 0.198 e. The highest BCUT2D eigenvalue weighted by Crippen LogP contribution is 2.43. The van der Waals surface area contributed by atoms with E-state index < -0.39 is 46.7 Å². The highest BCUT2D eigenvalue weighted by Gasteiger charge is 2.36. The van der Waals surface area contributed by atoms with E-state index in [4.69, 9.17) is 5.11 Å². The lowest BCUT2D eigenvalue weighted by molar-refractivity contribution is 0.0973. The Morgan fingerprint density at radius 1 is 0.773 bits per heavy atom. The molecule has 7 nitrogen and oxygen atoms in total. The van der Waals surface area contributed by atoms with Crippen molar-refractivity contribution in [2.24, 2.45) is 0 Å². The minimum absolute atomic E-state index is 0.183. The van der Waals surface area contributed by atoms with Gasteiger partial charge < -0.3 is 25.5 Å². The lowest BCUT2D eigenvalue weighted by atomic mass is 9.82. The second-order valence-electron chi connectivity index (χ2n) is 4.82. The van der Waals surface area contributed by atoms with Crippen LogP contribution in [-0.2, 0) is 6.61 Å². The maximum atomic E-state index is 12.4. The van der Waals surface area contributed by atoms with Crippen molar-refractivity contribution in [3.05, 3.63) is 46.0 Å². The molecule has 0 saturated heterocycles. The van der Waals surface area contributed by atoms with Crippen LogP contribution in [0.5, 0.6) is 23.0 Å². The van der Waals surface area contributed by atoms with Crippen LogP contribution in [0.3, 0.4) is 0 Å². The van der Waals surface area contributed by atoms with Gasteiger partial charge >= 0.3 is 0 Å². The third kappa shape index (κ3) is 1.60. The molecule has 0 atom stereocenters. The van der Waals surface area contributed by atoms with Crippen molar-refractivity contribution in [1.82, 2.24) is 0 Å². The van der Waals surface area contributed by atoms with E-state index in [2.05, 4.69) is 0 Å². The monoisotopic (exact) mass is 302 g/mol. The number of carbonyl (C=O) groups is 2. The second kappa shape index (κ2) is 4.47. The molecule has 112 valence electrons. The molecule has 0 radical (unpaired) electrons. The number of hydrogen-bond donors (Lipinski definition) is 5. The van der Waals surface area contributed by atoms with Crippen LogP contribution >= 0.6 is 0 Å². The summed E-state index contributed by atoms with van der Waals surface area (Å²) in [6.07, 6.45) is 0. The SMILES string of the molecule is O=C1c2cc(O)c(CO)c(O)c2C(=O)c2ccc(O)c(O)c21. The van der Waals surface area contributed by atoms with Gasteiger partial charge in [0.2, 0.25) is 0 Å². The van der Waals surface area contributed by atoms with Crippen molar-refractivity contribution in [3.63, 3.8) is 0 Å². The van der Waals surface area contributed by atoms with Crippen molar-refractivity contribution < 1.29 is 35.1 Å². The van der Waals surface area contributed by atoms with Gasteiger partial charge in [0.1, 0.15) is 11.5 Å². The Kier molecular flexibility index (Phi) is 2.82. The predicted octanol–water partition coefficient (Wildman–Crippen LogP) is 0.777. The average molecular weight is 302 g/mol. The lowest BCUT2D eigenvalue weighted by Gasteiger charge is -2.21. The summed E-state index contributed by atoms with van der Waals surface area (Å²) in [6, 6.07) is 3.14. The Morgan fingerprint density at radius 2 is 1.36 bits per heavy atom. The van der Waals surface area contributed by atoms with Gasteiger partial charge in [0.15, 0.2) is 23.1 Å². The number of aliphatic hydroxyl groups is 1. The number of phenolic OH excluding ortho intramolecular Hbond substituents is 2. The van der Waals surface area contributed by atoms with Gasteiger partial charge in [0.25, 0.3) is 0 Å². The van der Waals surface area contributed by atoms with Gasteiger partial charge in [0, 0.05) is 11.1 Å². The summed E-state index contributed by atoms with van der Waals surface area (Å²) in [4.78, 5) is 24.9. The Morgan fingerprint density at radius 3 is 2.00 bits per heavy atom. The number of carbonyl (C=O) groups excluding carboxylic acids is 2. The molecular weight excluding hydrogens is 292 g/mol. The minimum atomic E-state index is -0.826. The first-order chi connectivity index (χ1) is 10.4. The fourth-order valence-electron chi connectivity index (χ4n) is 2.53. The first-order valence-electron chi connectivity index (χ1n) is 6.21. The zero-order valence-corrected chi connectivity index (χ0v) is 11.0. The molecule has 22 heavy (non-hydrogen) atoms. The Labute approximate surface area is 123 Å². The minimum Gasteiger partial charge on any atom is -0.507 e. The molecule has 5 N–H and O–H groups in total. The standard InChI is InChI=1S/C15H10O7/c16-4-7-9(18)3-6-11(14(7)21)12(19)5-1-2-8(17)15(22)10(5)13(6)20/h1-3,16-18,21-22H,4H2. The largest absolute Gasteiger partial charge is 0.507 e. The van der Waals surface area contributed by atoms with E-state index in [1.54, 1.807) is 0 Å². The highest BCUT2D eigenvalue weighted by atomic mass is 16.3. The number of benzene rings is 2. The Hall–Kier alpha value is -3.06. The van der Waals surface area contributed by atoms with Crippen molar-refractivity contribution in [3.8, 4) is 23.0 Å². The van der Waals surface area contributed by atoms with Crippen LogP contribution in [0.15, 0.2) is 18.2 Å². The van der Waals surface area contributed by atoms with Crippen LogP contribution in [0.1, 0.15) is 37.4 Å². The third-order valence-corrected chi connectivity index (χ3v) is 3.64. The van der Waals surface area contributed by atoms with Crippen LogP contribution < -0.4 is 0 Å². The number of ketones is 2. The van der Waals surface area contributed by atoms with Crippen LogP contribution in [-0.4, -0.2) is 37.1 Å². The summed E-state index contributed by atoms with van der Waals surface area (Å²) in [5.74, 6) is -4.13. The molecule has 2 aromatic carbocycles. The van der Waals surface area contributed by atoms with Crippen LogP contribution in [0.25, 0.3) is 0 Å². The maximum absolute atomic E-state index is 12.4. The number of aliphatic hydroxyl groups excluding tert-OH is 1. The van der Waals surface area contributed by atoms with E-state index in [1.807, 2.05) is 0 Å². The number of aromatic hydroxyl groups is 4. The molecule has 2 aromatic rings. The number of fused-ring (bicyclic) bond motifs is 2. The summed E-state index contributed by atoms with van der Waals surface area (Å²) >= 11 is 0. The number of hydrogen-bond acceptors (Lipinski definition) is 7. The van der Waals surface area contributed by atoms with Gasteiger partial charge in [0.05, 0.1) is 23.3 Å². The van der Waals surface area contributed by atoms with Crippen molar-refractivity contribution in [2.45, 2.75) is 6.61 Å². The van der Waals surface area contributed by atoms with Gasteiger partial charge in [-0.15, -0.1) is 0 Å². The number of rotatable bonds is 1. The van der Waals surface area contributed by atoms with E-state index in [1.165, 1.54) is 0 Å². The van der Waals surface area contributed by atoms with Crippen molar-refractivity contribution in [2.75, 3.05) is 0 Å². The van der Waals surface area contributed by atoms with Crippen LogP contribution in [0.2, 0.25) is 0 Å². The van der Waals surface area contributed by atoms with Gasteiger partial charge in [-0.1, -0.05) is 0 Å². The molecule has 7 heteroatoms. The van der Waals surface area contributed by atoms with Gasteiger partial charge in [-0.05, 0) is 18.2 Å². The van der Waals surface area contributed by atoms with Gasteiger partial charge in [-0.3, -0.25) is 9.59 Å². The summed E-state index contributed by atoms with van der Waals surface area (Å²) < 4.78 is 0. The Bertz CT molecular complexity index is 852. The molecule has 0 bridgehead atoms.